The lowest BCUT2D eigenvalue weighted by Crippen LogP contribution is -2.55. The minimum Gasteiger partial charge on any atom is -0.478 e. The third-order valence-corrected chi connectivity index (χ3v) is 5.10. The highest BCUT2D eigenvalue weighted by atomic mass is 19.4. The molecule has 212 valence electrons. The van der Waals surface area contributed by atoms with Gasteiger partial charge in [-0.2, -0.15) is 52.7 Å². The number of halogens is 12. The average molecular weight is 574 g/mol. The molecule has 1 atom stereocenters. The highest BCUT2D eigenvalue weighted by molar-refractivity contribution is 5.65. The van der Waals surface area contributed by atoms with Crippen LogP contribution in [0.1, 0.15) is 22.8 Å². The van der Waals surface area contributed by atoms with Crippen LogP contribution >= 0.6 is 0 Å². The SMILES string of the molecule is Nc1cc(N)cc(C(C=O)Oc2cc(C(O)(C(F)(F)F)C(F)(F)F)cc(C(O)(C(F)(F)F)C(F)(F)F)c2)c1. The van der Waals surface area contributed by atoms with Crippen molar-refractivity contribution in [2.24, 2.45) is 0 Å². The van der Waals surface area contributed by atoms with Gasteiger partial charge in [-0.05, 0) is 36.4 Å². The summed E-state index contributed by atoms with van der Waals surface area (Å²) >= 11 is 0. The molecule has 2 rings (SSSR count). The number of aldehydes is 1. The number of benzene rings is 2. The van der Waals surface area contributed by atoms with E-state index in [0.717, 1.165) is 18.2 Å². The average Bonchev–Trinajstić information content (AvgIpc) is 2.72. The molecule has 0 amide bonds. The number of nitrogen functional groups attached to an aromatic ring is 2. The van der Waals surface area contributed by atoms with Crippen LogP contribution in [0.25, 0.3) is 0 Å². The number of alkyl halides is 12. The van der Waals surface area contributed by atoms with E-state index < -0.39 is 77.1 Å². The van der Waals surface area contributed by atoms with E-state index in [0.29, 0.717) is 0 Å². The maximum atomic E-state index is 13.4. The fourth-order valence-electron chi connectivity index (χ4n) is 3.25. The Kier molecular flexibility index (Phi) is 7.63. The molecule has 0 spiro atoms. The molecule has 1 unspecified atom stereocenters. The summed E-state index contributed by atoms with van der Waals surface area (Å²) < 4.78 is 166. The largest absolute Gasteiger partial charge is 0.478 e. The molecular weight excluding hydrogens is 560 g/mol. The summed E-state index contributed by atoms with van der Waals surface area (Å²) in [5, 5.41) is 19.2. The van der Waals surface area contributed by atoms with Crippen molar-refractivity contribution in [1.82, 2.24) is 0 Å². The zero-order chi connectivity index (χ0) is 29.7. The van der Waals surface area contributed by atoms with E-state index in [9.17, 15) is 67.7 Å². The maximum Gasteiger partial charge on any atom is 0.430 e. The Bertz CT molecular complexity index is 1080. The van der Waals surface area contributed by atoms with Crippen LogP contribution in [-0.2, 0) is 16.0 Å². The molecule has 2 aromatic rings. The van der Waals surface area contributed by atoms with Gasteiger partial charge < -0.3 is 26.4 Å². The van der Waals surface area contributed by atoms with E-state index in [4.69, 9.17) is 16.2 Å². The highest BCUT2D eigenvalue weighted by Crippen LogP contribution is 2.54. The minimum absolute atomic E-state index is 0.170. The van der Waals surface area contributed by atoms with E-state index in [1.54, 1.807) is 0 Å². The standard InChI is InChI=1S/C20H14F12N2O4/c21-17(22,23)15(36,18(24,25)26)9-3-10(16(37,19(27,28)29)20(30,31)32)5-13(4-9)38-14(7-35)8-1-11(33)6-12(34)2-8/h1-7,14,36-37H,33-34H2. The Labute approximate surface area is 203 Å². The summed E-state index contributed by atoms with van der Waals surface area (Å²) in [4.78, 5) is 11.5. The second kappa shape index (κ2) is 9.40. The molecule has 0 aliphatic carbocycles. The first kappa shape index (κ1) is 30.8. The number of carbonyl (C=O) groups is 1. The number of carbonyl (C=O) groups excluding carboxylic acids is 1. The van der Waals surface area contributed by atoms with Crippen LogP contribution in [0.15, 0.2) is 36.4 Å². The normalized spacial score (nSPS) is 14.8. The Morgan fingerprint density at radius 2 is 0.974 bits per heavy atom. The van der Waals surface area contributed by atoms with Crippen LogP contribution in [0.5, 0.6) is 5.75 Å². The van der Waals surface area contributed by atoms with Crippen LogP contribution in [0.4, 0.5) is 64.1 Å². The molecule has 0 saturated carbocycles. The molecule has 38 heavy (non-hydrogen) atoms. The van der Waals surface area contributed by atoms with Crippen LogP contribution in [0.3, 0.4) is 0 Å². The number of nitrogens with two attached hydrogens (primary N) is 2. The van der Waals surface area contributed by atoms with E-state index in [1.807, 2.05) is 0 Å². The van der Waals surface area contributed by atoms with E-state index in [-0.39, 0.29) is 23.2 Å². The number of hydrogen-bond acceptors (Lipinski definition) is 6. The maximum absolute atomic E-state index is 13.4. The lowest BCUT2D eigenvalue weighted by Gasteiger charge is -2.36. The predicted molar refractivity (Wildman–Crippen MR) is 103 cm³/mol. The minimum atomic E-state index is -6.76. The van der Waals surface area contributed by atoms with Gasteiger partial charge in [0.05, 0.1) is 0 Å². The number of rotatable bonds is 6. The molecule has 0 saturated heterocycles. The van der Waals surface area contributed by atoms with Gasteiger partial charge in [-0.15, -0.1) is 0 Å². The molecule has 18 heteroatoms. The third kappa shape index (κ3) is 5.27. The van der Waals surface area contributed by atoms with E-state index in [2.05, 4.69) is 0 Å². The van der Waals surface area contributed by atoms with Gasteiger partial charge in [-0.1, -0.05) is 0 Å². The molecule has 0 aromatic heterocycles. The second-order valence-corrected chi connectivity index (χ2v) is 7.77. The Hall–Kier alpha value is -3.41. The first-order chi connectivity index (χ1) is 16.9. The predicted octanol–water partition coefficient (Wildman–Crippen LogP) is 4.79. The van der Waals surface area contributed by atoms with E-state index in [1.165, 1.54) is 0 Å². The summed E-state index contributed by atoms with van der Waals surface area (Å²) in [6, 6.07) is 1.20. The van der Waals surface area contributed by atoms with Gasteiger partial charge in [0.25, 0.3) is 11.2 Å². The van der Waals surface area contributed by atoms with Crippen LogP contribution < -0.4 is 16.2 Å². The highest BCUT2D eigenvalue weighted by Gasteiger charge is 2.74. The first-order valence-electron chi connectivity index (χ1n) is 9.55. The Morgan fingerprint density at radius 1 is 0.632 bits per heavy atom. The molecule has 2 aromatic carbocycles. The van der Waals surface area contributed by atoms with Gasteiger partial charge in [0.15, 0.2) is 12.4 Å². The summed E-state index contributed by atoms with van der Waals surface area (Å²) in [7, 11) is 0. The molecule has 0 aliphatic rings. The van der Waals surface area contributed by atoms with Crippen molar-refractivity contribution >= 4 is 17.7 Å². The fraction of sp³-hybridized carbons (Fsp3) is 0.350. The van der Waals surface area contributed by atoms with Gasteiger partial charge in [0.1, 0.15) is 5.75 Å². The molecular formula is C20H14F12N2O4. The molecule has 0 radical (unpaired) electrons. The van der Waals surface area contributed by atoms with E-state index >= 15 is 0 Å². The quantitative estimate of drug-likeness (QED) is 0.224. The van der Waals surface area contributed by atoms with Gasteiger partial charge in [0.2, 0.25) is 0 Å². The fourth-order valence-corrected chi connectivity index (χ4v) is 3.25. The smallest absolute Gasteiger partial charge is 0.430 e. The molecule has 0 bridgehead atoms. The van der Waals surface area contributed by atoms with Gasteiger partial charge >= 0.3 is 24.7 Å². The molecule has 0 aliphatic heterocycles. The number of hydrogen-bond donors (Lipinski definition) is 4. The van der Waals surface area contributed by atoms with Crippen LogP contribution in [0, 0.1) is 0 Å². The van der Waals surface area contributed by atoms with Crippen molar-refractivity contribution in [3.63, 3.8) is 0 Å². The van der Waals surface area contributed by atoms with Crippen LogP contribution in [-0.4, -0.2) is 41.2 Å². The first-order valence-corrected chi connectivity index (χ1v) is 9.55. The summed E-state index contributed by atoms with van der Waals surface area (Å²) in [5.41, 5.74) is -7.13. The zero-order valence-electron chi connectivity index (χ0n) is 18.0. The molecule has 0 fully saturated rings. The second-order valence-electron chi connectivity index (χ2n) is 7.77. The summed E-state index contributed by atoms with van der Waals surface area (Å²) in [5.74, 6) is -1.64. The van der Waals surface area contributed by atoms with Crippen molar-refractivity contribution in [1.29, 1.82) is 0 Å². The molecule has 6 nitrogen and oxygen atoms in total. The zero-order valence-corrected chi connectivity index (χ0v) is 18.0. The number of aliphatic hydroxyl groups is 2. The number of ether oxygens (including phenoxy) is 1. The summed E-state index contributed by atoms with van der Waals surface area (Å²) in [6.45, 7) is 0. The van der Waals surface area contributed by atoms with Crippen molar-refractivity contribution in [3.8, 4) is 5.75 Å². The van der Waals surface area contributed by atoms with Crippen LogP contribution in [0.2, 0.25) is 0 Å². The topological polar surface area (TPSA) is 119 Å². The monoisotopic (exact) mass is 574 g/mol. The van der Waals surface area contributed by atoms with Crippen molar-refractivity contribution in [3.05, 3.63) is 53.1 Å². The molecule has 0 heterocycles. The Morgan fingerprint density at radius 3 is 1.26 bits per heavy atom. The van der Waals surface area contributed by atoms with Gasteiger partial charge in [0, 0.05) is 28.1 Å². The Balaban J connectivity index is 2.95. The third-order valence-electron chi connectivity index (χ3n) is 5.10. The van der Waals surface area contributed by atoms with Gasteiger partial charge in [-0.3, -0.25) is 4.79 Å². The number of anilines is 2. The van der Waals surface area contributed by atoms with Gasteiger partial charge in [-0.25, -0.2) is 0 Å². The molecule has 6 N–H and O–H groups in total. The van der Waals surface area contributed by atoms with Crippen molar-refractivity contribution < 1.29 is 72.4 Å². The van der Waals surface area contributed by atoms with Crippen molar-refractivity contribution in [2.45, 2.75) is 42.0 Å². The van der Waals surface area contributed by atoms with Crippen molar-refractivity contribution in [2.75, 3.05) is 11.5 Å². The summed E-state index contributed by atoms with van der Waals surface area (Å²) in [6.07, 6.45) is -29.4. The lowest BCUT2D eigenvalue weighted by molar-refractivity contribution is -0.378. The lowest BCUT2D eigenvalue weighted by atomic mass is 9.85.